The highest BCUT2D eigenvalue weighted by atomic mass is 19.1. The minimum Gasteiger partial charge on any atom is -0.383 e. The number of amides is 2. The largest absolute Gasteiger partial charge is 0.383 e. The minimum absolute atomic E-state index is 0.0654. The van der Waals surface area contributed by atoms with Gasteiger partial charge in [-0.05, 0) is 42.5 Å². The molecule has 1 atom stereocenters. The van der Waals surface area contributed by atoms with E-state index in [1.807, 2.05) is 24.3 Å². The second-order valence-electron chi connectivity index (χ2n) is 6.16. The third-order valence-electron chi connectivity index (χ3n) is 4.42. The molecule has 3 N–H and O–H groups in total. The van der Waals surface area contributed by atoms with Crippen LogP contribution in [0.4, 0.5) is 10.1 Å². The van der Waals surface area contributed by atoms with Crippen molar-refractivity contribution in [2.75, 3.05) is 11.9 Å². The van der Waals surface area contributed by atoms with Crippen LogP contribution in [-0.2, 0) is 21.6 Å². The lowest BCUT2D eigenvalue weighted by molar-refractivity contribution is -0.137. The highest BCUT2D eigenvalue weighted by Crippen LogP contribution is 2.34. The summed E-state index contributed by atoms with van der Waals surface area (Å²) in [4.78, 5) is 23.9. The van der Waals surface area contributed by atoms with E-state index < -0.39 is 23.2 Å². The molecule has 0 aliphatic heterocycles. The van der Waals surface area contributed by atoms with Crippen molar-refractivity contribution in [3.8, 4) is 0 Å². The summed E-state index contributed by atoms with van der Waals surface area (Å²) in [6.45, 7) is -0.0759. The van der Waals surface area contributed by atoms with E-state index >= 15 is 0 Å². The number of nitrogens with one attached hydrogen (secondary N) is 2. The molecule has 0 saturated carbocycles. The number of hydrogen-bond acceptors (Lipinski definition) is 3. The van der Waals surface area contributed by atoms with Gasteiger partial charge in [0.25, 0.3) is 0 Å². The van der Waals surface area contributed by atoms with Gasteiger partial charge < -0.3 is 15.7 Å². The highest BCUT2D eigenvalue weighted by molar-refractivity contribution is 6.39. The maximum atomic E-state index is 13.5. The zero-order valence-electron chi connectivity index (χ0n) is 13.6. The predicted molar refractivity (Wildman–Crippen MR) is 91.3 cm³/mol. The van der Waals surface area contributed by atoms with Crippen LogP contribution < -0.4 is 10.6 Å². The van der Waals surface area contributed by atoms with Gasteiger partial charge in [-0.3, -0.25) is 9.59 Å². The third kappa shape index (κ3) is 3.69. The fourth-order valence-corrected chi connectivity index (χ4v) is 3.13. The first-order chi connectivity index (χ1) is 12.0. The lowest BCUT2D eigenvalue weighted by Crippen LogP contribution is -2.46. The number of anilines is 1. The molecule has 1 aliphatic rings. The van der Waals surface area contributed by atoms with Gasteiger partial charge >= 0.3 is 11.8 Å². The van der Waals surface area contributed by atoms with Crippen LogP contribution in [0, 0.1) is 5.82 Å². The summed E-state index contributed by atoms with van der Waals surface area (Å²) in [6, 6.07) is 13.1. The van der Waals surface area contributed by atoms with Crippen molar-refractivity contribution in [1.29, 1.82) is 0 Å². The average molecular weight is 342 g/mol. The van der Waals surface area contributed by atoms with Crippen molar-refractivity contribution in [1.82, 2.24) is 5.32 Å². The topological polar surface area (TPSA) is 78.4 Å². The van der Waals surface area contributed by atoms with Crippen molar-refractivity contribution < 1.29 is 19.1 Å². The molecule has 0 saturated heterocycles. The van der Waals surface area contributed by atoms with E-state index in [9.17, 15) is 19.1 Å². The number of benzene rings is 2. The molecule has 130 valence electrons. The first kappa shape index (κ1) is 17.1. The van der Waals surface area contributed by atoms with E-state index in [0.717, 1.165) is 24.0 Å². The van der Waals surface area contributed by atoms with Crippen LogP contribution in [0.1, 0.15) is 24.0 Å². The lowest BCUT2D eigenvalue weighted by Gasteiger charge is -2.34. The number of hydrogen-bond donors (Lipinski definition) is 3. The Bertz CT molecular complexity index is 809. The molecule has 3 rings (SSSR count). The molecule has 0 spiro atoms. The van der Waals surface area contributed by atoms with Crippen molar-refractivity contribution >= 4 is 17.5 Å². The number of rotatable bonds is 3. The Hall–Kier alpha value is -2.73. The van der Waals surface area contributed by atoms with Crippen LogP contribution in [0.2, 0.25) is 0 Å². The summed E-state index contributed by atoms with van der Waals surface area (Å²) in [5.74, 6) is -2.51. The van der Waals surface area contributed by atoms with Crippen molar-refractivity contribution in [2.45, 2.75) is 24.9 Å². The SMILES string of the molecule is O=C(NCC1(O)CCCc2ccccc21)C(=O)Nc1ccccc1F. The number of aryl methyl sites for hydroxylation is 1. The van der Waals surface area contributed by atoms with Gasteiger partial charge in [-0.25, -0.2) is 4.39 Å². The van der Waals surface area contributed by atoms with Crippen molar-refractivity contribution in [3.05, 3.63) is 65.5 Å². The Balaban J connectivity index is 1.64. The Labute approximate surface area is 144 Å². The summed E-state index contributed by atoms with van der Waals surface area (Å²) in [7, 11) is 0. The first-order valence-electron chi connectivity index (χ1n) is 8.14. The lowest BCUT2D eigenvalue weighted by atomic mass is 9.79. The minimum atomic E-state index is -1.21. The van der Waals surface area contributed by atoms with E-state index in [4.69, 9.17) is 0 Å². The molecular formula is C19H19FN2O3. The fraction of sp³-hybridized carbons (Fsp3) is 0.263. The van der Waals surface area contributed by atoms with E-state index in [2.05, 4.69) is 10.6 Å². The van der Waals surface area contributed by atoms with E-state index in [1.54, 1.807) is 6.07 Å². The molecule has 1 aliphatic carbocycles. The van der Waals surface area contributed by atoms with Gasteiger partial charge in [0.05, 0.1) is 12.2 Å². The maximum Gasteiger partial charge on any atom is 0.313 e. The summed E-state index contributed by atoms with van der Waals surface area (Å²) >= 11 is 0. The molecular weight excluding hydrogens is 323 g/mol. The fourth-order valence-electron chi connectivity index (χ4n) is 3.13. The first-order valence-corrected chi connectivity index (χ1v) is 8.14. The number of fused-ring (bicyclic) bond motifs is 1. The molecule has 2 amide bonds. The zero-order valence-corrected chi connectivity index (χ0v) is 13.6. The van der Waals surface area contributed by atoms with Gasteiger partial charge in [0.1, 0.15) is 11.4 Å². The second kappa shape index (κ2) is 7.03. The summed E-state index contributed by atoms with van der Waals surface area (Å²) in [5.41, 5.74) is 0.546. The summed E-state index contributed by atoms with van der Waals surface area (Å²) in [6.07, 6.45) is 2.17. The third-order valence-corrected chi connectivity index (χ3v) is 4.42. The molecule has 0 bridgehead atoms. The molecule has 0 radical (unpaired) electrons. The predicted octanol–water partition coefficient (Wildman–Crippen LogP) is 2.10. The van der Waals surface area contributed by atoms with Crippen LogP contribution in [0.5, 0.6) is 0 Å². The normalized spacial score (nSPS) is 19.0. The Morgan fingerprint density at radius 3 is 2.60 bits per heavy atom. The van der Waals surface area contributed by atoms with E-state index in [1.165, 1.54) is 18.2 Å². The number of carbonyl (C=O) groups is 2. The Morgan fingerprint density at radius 1 is 1.08 bits per heavy atom. The van der Waals surface area contributed by atoms with Crippen LogP contribution in [-0.4, -0.2) is 23.5 Å². The molecule has 1 unspecified atom stereocenters. The summed E-state index contributed by atoms with van der Waals surface area (Å²) < 4.78 is 13.5. The Morgan fingerprint density at radius 2 is 1.80 bits per heavy atom. The molecule has 2 aromatic carbocycles. The van der Waals surface area contributed by atoms with Crippen LogP contribution in [0.15, 0.2) is 48.5 Å². The maximum absolute atomic E-state index is 13.5. The second-order valence-corrected chi connectivity index (χ2v) is 6.16. The van der Waals surface area contributed by atoms with Crippen LogP contribution >= 0.6 is 0 Å². The molecule has 2 aromatic rings. The monoisotopic (exact) mass is 342 g/mol. The molecule has 25 heavy (non-hydrogen) atoms. The van der Waals surface area contributed by atoms with Crippen LogP contribution in [0.3, 0.4) is 0 Å². The standard InChI is InChI=1S/C19H19FN2O3/c20-15-9-3-4-10-16(15)22-18(24)17(23)21-12-19(25)11-5-7-13-6-1-2-8-14(13)19/h1-4,6,8-10,25H,5,7,11-12H2,(H,21,23)(H,22,24). The number of para-hydroxylation sites is 1. The average Bonchev–Trinajstić information content (AvgIpc) is 2.62. The molecule has 5 nitrogen and oxygen atoms in total. The number of aliphatic hydroxyl groups is 1. The number of halogens is 1. The zero-order chi connectivity index (χ0) is 17.9. The smallest absolute Gasteiger partial charge is 0.313 e. The van der Waals surface area contributed by atoms with Crippen molar-refractivity contribution in [2.24, 2.45) is 0 Å². The molecule has 0 fully saturated rings. The molecule has 0 aromatic heterocycles. The van der Waals surface area contributed by atoms with Gasteiger partial charge in [-0.15, -0.1) is 0 Å². The van der Waals surface area contributed by atoms with Gasteiger partial charge in [-0.2, -0.15) is 0 Å². The quantitative estimate of drug-likeness (QED) is 0.748. The van der Waals surface area contributed by atoms with Gasteiger partial charge in [0.15, 0.2) is 0 Å². The van der Waals surface area contributed by atoms with Crippen molar-refractivity contribution in [3.63, 3.8) is 0 Å². The highest BCUT2D eigenvalue weighted by Gasteiger charge is 2.34. The van der Waals surface area contributed by atoms with Gasteiger partial charge in [0, 0.05) is 0 Å². The Kier molecular flexibility index (Phi) is 4.81. The molecule has 6 heteroatoms. The molecule has 0 heterocycles. The number of carbonyl (C=O) groups excluding carboxylic acids is 2. The van der Waals surface area contributed by atoms with Gasteiger partial charge in [0.2, 0.25) is 0 Å². The van der Waals surface area contributed by atoms with Gasteiger partial charge in [-0.1, -0.05) is 36.4 Å². The van der Waals surface area contributed by atoms with E-state index in [0.29, 0.717) is 6.42 Å². The summed E-state index contributed by atoms with van der Waals surface area (Å²) in [5, 5.41) is 15.6. The van der Waals surface area contributed by atoms with Crippen LogP contribution in [0.25, 0.3) is 0 Å². The van der Waals surface area contributed by atoms with E-state index in [-0.39, 0.29) is 12.2 Å².